The van der Waals surface area contributed by atoms with Crippen molar-refractivity contribution in [1.29, 1.82) is 0 Å². The van der Waals surface area contributed by atoms with E-state index in [2.05, 4.69) is 10.3 Å². The average Bonchev–Trinajstić information content (AvgIpc) is 2.58. The van der Waals surface area contributed by atoms with Crippen molar-refractivity contribution in [2.45, 2.75) is 40.3 Å². The van der Waals surface area contributed by atoms with E-state index < -0.39 is 6.04 Å². The molecule has 7 heteroatoms. The number of amides is 1. The van der Waals surface area contributed by atoms with E-state index in [9.17, 15) is 4.79 Å². The number of thiazole rings is 1. The summed E-state index contributed by atoms with van der Waals surface area (Å²) in [6.07, 6.45) is 0. The van der Waals surface area contributed by atoms with Gasteiger partial charge < -0.3 is 11.1 Å². The number of nitrogens with zero attached hydrogens (tertiary/aromatic N) is 1. The minimum Gasteiger partial charge on any atom is -0.348 e. The van der Waals surface area contributed by atoms with Gasteiger partial charge in [-0.25, -0.2) is 4.98 Å². The standard InChI is InChI=1S/C11H19N3OS.2ClH/c1-7-6-16-8(14-7)5-13-10(15)9(12)11(2,3)4;;/h6,9H,5,12H2,1-4H3,(H,13,15);2*1H/t9-;;/m1../s1. The molecule has 0 aliphatic carbocycles. The molecule has 0 aliphatic heterocycles. The molecule has 0 saturated carbocycles. The van der Waals surface area contributed by atoms with Gasteiger partial charge >= 0.3 is 0 Å². The Hall–Kier alpha value is -0.360. The molecule has 3 N–H and O–H groups in total. The highest BCUT2D eigenvalue weighted by Gasteiger charge is 2.27. The number of nitrogens with two attached hydrogens (primary N) is 1. The van der Waals surface area contributed by atoms with Crippen LogP contribution in [0.15, 0.2) is 5.38 Å². The van der Waals surface area contributed by atoms with E-state index in [4.69, 9.17) is 5.73 Å². The van der Waals surface area contributed by atoms with Crippen molar-refractivity contribution in [2.24, 2.45) is 11.1 Å². The molecule has 1 rings (SSSR count). The van der Waals surface area contributed by atoms with Crippen LogP contribution in [-0.2, 0) is 11.3 Å². The molecule has 0 bridgehead atoms. The van der Waals surface area contributed by atoms with Gasteiger partial charge in [-0.15, -0.1) is 36.2 Å². The van der Waals surface area contributed by atoms with Crippen LogP contribution in [0.4, 0.5) is 0 Å². The van der Waals surface area contributed by atoms with E-state index in [1.54, 1.807) is 11.3 Å². The minimum absolute atomic E-state index is 0. The zero-order valence-corrected chi connectivity index (χ0v) is 13.5. The molecule has 0 unspecified atom stereocenters. The first-order valence-corrected chi connectivity index (χ1v) is 6.13. The van der Waals surface area contributed by atoms with Gasteiger partial charge in [-0.1, -0.05) is 20.8 Å². The van der Waals surface area contributed by atoms with Gasteiger partial charge in [-0.2, -0.15) is 0 Å². The summed E-state index contributed by atoms with van der Waals surface area (Å²) < 4.78 is 0. The van der Waals surface area contributed by atoms with Crippen LogP contribution in [0.25, 0.3) is 0 Å². The molecular weight excluding hydrogens is 293 g/mol. The minimum atomic E-state index is -0.492. The Kier molecular flexibility index (Phi) is 8.81. The van der Waals surface area contributed by atoms with Crippen molar-refractivity contribution in [1.82, 2.24) is 10.3 Å². The van der Waals surface area contributed by atoms with E-state index in [1.165, 1.54) is 0 Å². The molecule has 0 radical (unpaired) electrons. The summed E-state index contributed by atoms with van der Waals surface area (Å²) in [5.74, 6) is -0.125. The molecule has 4 nitrogen and oxygen atoms in total. The van der Waals surface area contributed by atoms with Crippen molar-refractivity contribution in [3.05, 3.63) is 16.1 Å². The van der Waals surface area contributed by atoms with Gasteiger partial charge in [-0.05, 0) is 12.3 Å². The zero-order valence-electron chi connectivity index (χ0n) is 11.0. The fourth-order valence-electron chi connectivity index (χ4n) is 1.15. The second-order valence-corrected chi connectivity index (χ2v) is 5.89. The fraction of sp³-hybridized carbons (Fsp3) is 0.636. The number of hydrogen-bond acceptors (Lipinski definition) is 4. The first-order chi connectivity index (χ1) is 7.30. The summed E-state index contributed by atoms with van der Waals surface area (Å²) in [5.41, 5.74) is 6.60. The summed E-state index contributed by atoms with van der Waals surface area (Å²) in [6.45, 7) is 8.24. The lowest BCUT2D eigenvalue weighted by Gasteiger charge is -2.25. The molecule has 0 aliphatic rings. The van der Waals surface area contributed by atoms with Crippen LogP contribution in [0.5, 0.6) is 0 Å². The maximum absolute atomic E-state index is 11.7. The number of carbonyl (C=O) groups excluding carboxylic acids is 1. The van der Waals surface area contributed by atoms with Crippen LogP contribution >= 0.6 is 36.2 Å². The molecular formula is C11H21Cl2N3OS. The zero-order chi connectivity index (χ0) is 12.3. The lowest BCUT2D eigenvalue weighted by atomic mass is 9.87. The lowest BCUT2D eigenvalue weighted by molar-refractivity contribution is -0.124. The van der Waals surface area contributed by atoms with Crippen molar-refractivity contribution in [3.63, 3.8) is 0 Å². The fourth-order valence-corrected chi connectivity index (χ4v) is 1.86. The summed E-state index contributed by atoms with van der Waals surface area (Å²) in [6, 6.07) is -0.492. The largest absolute Gasteiger partial charge is 0.348 e. The number of carbonyl (C=O) groups is 1. The second kappa shape index (κ2) is 7.94. The number of aromatic nitrogens is 1. The highest BCUT2D eigenvalue weighted by Crippen LogP contribution is 2.17. The van der Waals surface area contributed by atoms with E-state index in [0.717, 1.165) is 10.7 Å². The Morgan fingerprint density at radius 3 is 2.44 bits per heavy atom. The third-order valence-electron chi connectivity index (χ3n) is 2.30. The predicted octanol–water partition coefficient (Wildman–Crippen LogP) is 2.28. The summed E-state index contributed by atoms with van der Waals surface area (Å²) >= 11 is 1.54. The lowest BCUT2D eigenvalue weighted by Crippen LogP contribution is -2.48. The van der Waals surface area contributed by atoms with Gasteiger partial charge in [0.2, 0.25) is 5.91 Å². The Labute approximate surface area is 125 Å². The SMILES string of the molecule is Cc1csc(CNC(=O)[C@@H](N)C(C)(C)C)n1.Cl.Cl. The molecule has 0 aromatic carbocycles. The van der Waals surface area contributed by atoms with Crippen LogP contribution in [0.3, 0.4) is 0 Å². The molecule has 18 heavy (non-hydrogen) atoms. The van der Waals surface area contributed by atoms with E-state index in [0.29, 0.717) is 6.54 Å². The molecule has 1 amide bonds. The van der Waals surface area contributed by atoms with Crippen LogP contribution in [-0.4, -0.2) is 16.9 Å². The van der Waals surface area contributed by atoms with Gasteiger partial charge in [0.05, 0.1) is 12.6 Å². The van der Waals surface area contributed by atoms with Crippen LogP contribution < -0.4 is 11.1 Å². The average molecular weight is 314 g/mol. The normalized spacial score (nSPS) is 12.1. The molecule has 1 atom stereocenters. The third-order valence-corrected chi connectivity index (χ3v) is 3.26. The van der Waals surface area contributed by atoms with E-state index in [-0.39, 0.29) is 36.1 Å². The van der Waals surface area contributed by atoms with Crippen molar-refractivity contribution in [2.75, 3.05) is 0 Å². The molecule has 0 fully saturated rings. The Morgan fingerprint density at radius 2 is 2.06 bits per heavy atom. The molecule has 1 aromatic heterocycles. The number of rotatable bonds is 3. The molecule has 0 spiro atoms. The topological polar surface area (TPSA) is 68.0 Å². The molecule has 1 aromatic rings. The number of halogens is 2. The van der Waals surface area contributed by atoms with Crippen LogP contribution in [0, 0.1) is 12.3 Å². The molecule has 0 saturated heterocycles. The second-order valence-electron chi connectivity index (χ2n) is 4.94. The highest BCUT2D eigenvalue weighted by atomic mass is 35.5. The van der Waals surface area contributed by atoms with Crippen molar-refractivity contribution in [3.8, 4) is 0 Å². The summed E-state index contributed by atoms with van der Waals surface area (Å²) in [4.78, 5) is 16.0. The maximum Gasteiger partial charge on any atom is 0.237 e. The van der Waals surface area contributed by atoms with Crippen molar-refractivity contribution < 1.29 is 4.79 Å². The summed E-state index contributed by atoms with van der Waals surface area (Å²) in [7, 11) is 0. The number of aryl methyl sites for hydroxylation is 1. The molecule has 106 valence electrons. The Bertz CT molecular complexity index is 377. The van der Waals surface area contributed by atoms with Crippen LogP contribution in [0.1, 0.15) is 31.5 Å². The highest BCUT2D eigenvalue weighted by molar-refractivity contribution is 7.09. The third kappa shape index (κ3) is 6.00. The van der Waals surface area contributed by atoms with Gasteiger partial charge in [0.1, 0.15) is 5.01 Å². The summed E-state index contributed by atoms with van der Waals surface area (Å²) in [5, 5.41) is 5.68. The van der Waals surface area contributed by atoms with Gasteiger partial charge in [0.25, 0.3) is 0 Å². The van der Waals surface area contributed by atoms with E-state index in [1.807, 2.05) is 33.1 Å². The van der Waals surface area contributed by atoms with Crippen LogP contribution in [0.2, 0.25) is 0 Å². The maximum atomic E-state index is 11.7. The quantitative estimate of drug-likeness (QED) is 0.899. The van der Waals surface area contributed by atoms with E-state index >= 15 is 0 Å². The smallest absolute Gasteiger partial charge is 0.237 e. The first-order valence-electron chi connectivity index (χ1n) is 5.25. The molecule has 1 heterocycles. The van der Waals surface area contributed by atoms with Gasteiger partial charge in [0, 0.05) is 11.1 Å². The monoisotopic (exact) mass is 313 g/mol. The number of hydrogen-bond donors (Lipinski definition) is 2. The first kappa shape index (κ1) is 20.0. The Balaban J connectivity index is 0. The number of nitrogens with one attached hydrogen (secondary N) is 1. The van der Waals surface area contributed by atoms with Gasteiger partial charge in [0.15, 0.2) is 0 Å². The Morgan fingerprint density at radius 1 is 1.50 bits per heavy atom. The van der Waals surface area contributed by atoms with Crippen molar-refractivity contribution >= 4 is 42.1 Å². The van der Waals surface area contributed by atoms with Gasteiger partial charge in [-0.3, -0.25) is 4.79 Å². The predicted molar refractivity (Wildman–Crippen MR) is 80.6 cm³/mol.